The summed E-state index contributed by atoms with van der Waals surface area (Å²) in [6.07, 6.45) is 0. The summed E-state index contributed by atoms with van der Waals surface area (Å²) >= 11 is 0. The van der Waals surface area contributed by atoms with Crippen LogP contribution in [0.3, 0.4) is 0 Å². The van der Waals surface area contributed by atoms with Gasteiger partial charge in [-0.3, -0.25) is 14.6 Å². The maximum absolute atomic E-state index is 13.0. The maximum Gasteiger partial charge on any atom is 0.325 e. The number of halogens is 1. The van der Waals surface area contributed by atoms with Gasteiger partial charge in [-0.2, -0.15) is 0 Å². The quantitative estimate of drug-likeness (QED) is 0.916. The van der Waals surface area contributed by atoms with Gasteiger partial charge >= 0.3 is 5.97 Å². The van der Waals surface area contributed by atoms with E-state index in [0.717, 1.165) is 13.1 Å². The molecule has 110 valence electrons. The third-order valence-electron chi connectivity index (χ3n) is 3.99. The van der Waals surface area contributed by atoms with Crippen molar-refractivity contribution >= 4 is 5.97 Å². The molecule has 0 bridgehead atoms. The van der Waals surface area contributed by atoms with Gasteiger partial charge in [0.2, 0.25) is 0 Å². The summed E-state index contributed by atoms with van der Waals surface area (Å²) in [7, 11) is 0. The van der Waals surface area contributed by atoms with Gasteiger partial charge in [-0.05, 0) is 31.2 Å². The van der Waals surface area contributed by atoms with E-state index < -0.39 is 12.0 Å². The zero-order chi connectivity index (χ0) is 14.7. The van der Waals surface area contributed by atoms with Crippen LogP contribution >= 0.6 is 0 Å². The molecule has 1 saturated heterocycles. The molecule has 0 amide bonds. The van der Waals surface area contributed by atoms with Gasteiger partial charge in [0.15, 0.2) is 0 Å². The summed E-state index contributed by atoms with van der Waals surface area (Å²) in [5, 5.41) is 9.51. The molecule has 20 heavy (non-hydrogen) atoms. The fourth-order valence-electron chi connectivity index (χ4n) is 2.88. The first-order chi connectivity index (χ1) is 9.52. The van der Waals surface area contributed by atoms with Gasteiger partial charge < -0.3 is 5.11 Å². The molecule has 4 nitrogen and oxygen atoms in total. The Kier molecular flexibility index (Phi) is 4.73. The Morgan fingerprint density at radius 1 is 1.40 bits per heavy atom. The Balaban J connectivity index is 2.18. The minimum Gasteiger partial charge on any atom is -0.480 e. The van der Waals surface area contributed by atoms with E-state index >= 15 is 0 Å². The standard InChI is InChI=1S/C15H21FN2O2/c1-3-17-8-9-18(10-11(17)2)14(15(19)20)12-4-6-13(16)7-5-12/h4-7,11,14H,3,8-10H2,1-2H3,(H,19,20). The van der Waals surface area contributed by atoms with Crippen LogP contribution in [0.4, 0.5) is 4.39 Å². The van der Waals surface area contributed by atoms with Gasteiger partial charge in [-0.15, -0.1) is 0 Å². The summed E-state index contributed by atoms with van der Waals surface area (Å²) < 4.78 is 13.0. The summed E-state index contributed by atoms with van der Waals surface area (Å²) in [6.45, 7) is 7.49. The number of carboxylic acid groups (broad SMARTS) is 1. The van der Waals surface area contributed by atoms with E-state index in [1.807, 2.05) is 4.90 Å². The lowest BCUT2D eigenvalue weighted by Crippen LogP contribution is -2.53. The van der Waals surface area contributed by atoms with Crippen molar-refractivity contribution in [3.8, 4) is 0 Å². The van der Waals surface area contributed by atoms with Crippen LogP contribution in [0.15, 0.2) is 24.3 Å². The zero-order valence-electron chi connectivity index (χ0n) is 11.9. The Morgan fingerprint density at radius 2 is 2.05 bits per heavy atom. The minimum absolute atomic E-state index is 0.330. The van der Waals surface area contributed by atoms with Crippen molar-refractivity contribution in [3.63, 3.8) is 0 Å². The molecule has 0 spiro atoms. The van der Waals surface area contributed by atoms with Gasteiger partial charge in [-0.25, -0.2) is 4.39 Å². The maximum atomic E-state index is 13.0. The van der Waals surface area contributed by atoms with Crippen LogP contribution in [-0.2, 0) is 4.79 Å². The molecule has 0 saturated carbocycles. The molecule has 1 aliphatic rings. The highest BCUT2D eigenvalue weighted by atomic mass is 19.1. The number of carbonyl (C=O) groups is 1. The van der Waals surface area contributed by atoms with Crippen LogP contribution in [0.25, 0.3) is 0 Å². The summed E-state index contributed by atoms with van der Waals surface area (Å²) in [6, 6.07) is 5.39. The number of benzene rings is 1. The van der Waals surface area contributed by atoms with Gasteiger partial charge in [-0.1, -0.05) is 19.1 Å². The Labute approximate surface area is 118 Å². The van der Waals surface area contributed by atoms with Crippen molar-refractivity contribution in [3.05, 3.63) is 35.6 Å². The topological polar surface area (TPSA) is 43.8 Å². The molecule has 1 aromatic carbocycles. The predicted octanol–water partition coefficient (Wildman–Crippen LogP) is 1.98. The smallest absolute Gasteiger partial charge is 0.325 e. The Morgan fingerprint density at radius 3 is 2.55 bits per heavy atom. The van der Waals surface area contributed by atoms with Crippen molar-refractivity contribution in [2.45, 2.75) is 25.9 Å². The highest BCUT2D eigenvalue weighted by Gasteiger charge is 2.32. The number of aliphatic carboxylic acids is 1. The van der Waals surface area contributed by atoms with Crippen molar-refractivity contribution in [1.29, 1.82) is 0 Å². The highest BCUT2D eigenvalue weighted by molar-refractivity contribution is 5.75. The van der Waals surface area contributed by atoms with Crippen LogP contribution in [0, 0.1) is 5.82 Å². The molecule has 2 unspecified atom stereocenters. The van der Waals surface area contributed by atoms with Crippen LogP contribution in [-0.4, -0.2) is 53.1 Å². The van der Waals surface area contributed by atoms with Crippen molar-refractivity contribution in [2.75, 3.05) is 26.2 Å². The molecule has 0 aromatic heterocycles. The fraction of sp³-hybridized carbons (Fsp3) is 0.533. The van der Waals surface area contributed by atoms with E-state index in [-0.39, 0.29) is 5.82 Å². The number of piperazine rings is 1. The molecule has 0 radical (unpaired) electrons. The number of rotatable bonds is 4. The molecule has 1 aliphatic heterocycles. The molecule has 2 atom stereocenters. The predicted molar refractivity (Wildman–Crippen MR) is 75.1 cm³/mol. The fourth-order valence-corrected chi connectivity index (χ4v) is 2.88. The normalized spacial score (nSPS) is 22.6. The molecule has 1 fully saturated rings. The number of hydrogen-bond donors (Lipinski definition) is 1. The van der Waals surface area contributed by atoms with E-state index in [2.05, 4.69) is 18.7 Å². The second-order valence-corrected chi connectivity index (χ2v) is 5.26. The molecule has 1 N–H and O–H groups in total. The molecule has 2 rings (SSSR count). The number of carboxylic acids is 1. The molecular weight excluding hydrogens is 259 g/mol. The zero-order valence-corrected chi connectivity index (χ0v) is 11.9. The second kappa shape index (κ2) is 6.33. The van der Waals surface area contributed by atoms with E-state index in [1.165, 1.54) is 12.1 Å². The highest BCUT2D eigenvalue weighted by Crippen LogP contribution is 2.24. The molecule has 1 heterocycles. The van der Waals surface area contributed by atoms with E-state index in [0.29, 0.717) is 24.7 Å². The molecular formula is C15H21FN2O2. The van der Waals surface area contributed by atoms with Crippen LogP contribution in [0.5, 0.6) is 0 Å². The van der Waals surface area contributed by atoms with E-state index in [9.17, 15) is 14.3 Å². The van der Waals surface area contributed by atoms with Crippen molar-refractivity contribution < 1.29 is 14.3 Å². The van der Waals surface area contributed by atoms with E-state index in [4.69, 9.17) is 0 Å². The lowest BCUT2D eigenvalue weighted by molar-refractivity contribution is -0.144. The molecule has 0 aliphatic carbocycles. The molecule has 1 aromatic rings. The van der Waals surface area contributed by atoms with Crippen LogP contribution < -0.4 is 0 Å². The summed E-state index contributed by atoms with van der Waals surface area (Å²) in [5.74, 6) is -1.23. The van der Waals surface area contributed by atoms with Crippen molar-refractivity contribution in [2.24, 2.45) is 0 Å². The lowest BCUT2D eigenvalue weighted by atomic mass is 10.0. The third kappa shape index (κ3) is 3.16. The van der Waals surface area contributed by atoms with Crippen molar-refractivity contribution in [1.82, 2.24) is 9.80 Å². The average molecular weight is 280 g/mol. The second-order valence-electron chi connectivity index (χ2n) is 5.26. The summed E-state index contributed by atoms with van der Waals surface area (Å²) in [4.78, 5) is 15.9. The minimum atomic E-state index is -0.881. The van der Waals surface area contributed by atoms with Gasteiger partial charge in [0, 0.05) is 25.7 Å². The first-order valence-corrected chi connectivity index (χ1v) is 6.99. The van der Waals surface area contributed by atoms with Crippen LogP contribution in [0.2, 0.25) is 0 Å². The third-order valence-corrected chi connectivity index (χ3v) is 3.99. The lowest BCUT2D eigenvalue weighted by Gasteiger charge is -2.41. The molecule has 5 heteroatoms. The van der Waals surface area contributed by atoms with Crippen LogP contribution in [0.1, 0.15) is 25.5 Å². The average Bonchev–Trinajstić information content (AvgIpc) is 2.41. The van der Waals surface area contributed by atoms with Gasteiger partial charge in [0.05, 0.1) is 0 Å². The summed E-state index contributed by atoms with van der Waals surface area (Å²) in [5.41, 5.74) is 0.635. The number of hydrogen-bond acceptors (Lipinski definition) is 3. The Bertz CT molecular complexity index is 463. The van der Waals surface area contributed by atoms with Gasteiger partial charge in [0.1, 0.15) is 11.9 Å². The van der Waals surface area contributed by atoms with Gasteiger partial charge in [0.25, 0.3) is 0 Å². The van der Waals surface area contributed by atoms with E-state index in [1.54, 1.807) is 12.1 Å². The number of nitrogens with zero attached hydrogens (tertiary/aromatic N) is 2. The SMILES string of the molecule is CCN1CCN(C(C(=O)O)c2ccc(F)cc2)CC1C. The first kappa shape index (κ1) is 14.9. The largest absolute Gasteiger partial charge is 0.480 e. The Hall–Kier alpha value is -1.46. The monoisotopic (exact) mass is 280 g/mol. The first-order valence-electron chi connectivity index (χ1n) is 6.99. The number of likely N-dealkylation sites (N-methyl/N-ethyl adjacent to an activating group) is 1.